The molecule has 1 aromatic heterocycles. The fourth-order valence-electron chi connectivity index (χ4n) is 4.02. The molecule has 28 heavy (non-hydrogen) atoms. The van der Waals surface area contributed by atoms with Crippen molar-refractivity contribution in [2.24, 2.45) is 11.3 Å². The number of benzene rings is 1. The molecule has 0 aliphatic carbocycles. The lowest BCUT2D eigenvalue weighted by Crippen LogP contribution is -2.45. The van der Waals surface area contributed by atoms with E-state index in [0.29, 0.717) is 18.1 Å². The van der Waals surface area contributed by atoms with Crippen LogP contribution in [-0.2, 0) is 4.74 Å². The first-order chi connectivity index (χ1) is 13.0. The number of hydrogen-bond acceptors (Lipinski definition) is 4. The van der Waals surface area contributed by atoms with Gasteiger partial charge < -0.3 is 14.7 Å². The van der Waals surface area contributed by atoms with Crippen molar-refractivity contribution >= 4 is 28.6 Å². The van der Waals surface area contributed by atoms with E-state index < -0.39 is 11.7 Å². The van der Waals surface area contributed by atoms with Crippen molar-refractivity contribution in [1.29, 1.82) is 0 Å². The molecule has 1 aliphatic rings. The molecule has 2 heterocycles. The standard InChI is InChI=1S/C21H30ClN3O3/c1-20(2,3)28-19(27)25-8-6-13(7-9-25)21(4,5)18(26)15-10-14(22)11-17-16(15)12-23-24-17/h10-13,18,26H,6-9H2,1-5H3,(H,23,24). The molecular formula is C21H30ClN3O3. The van der Waals surface area contributed by atoms with Gasteiger partial charge in [0.1, 0.15) is 5.60 Å². The highest BCUT2D eigenvalue weighted by atomic mass is 35.5. The van der Waals surface area contributed by atoms with Gasteiger partial charge in [-0.15, -0.1) is 0 Å². The molecule has 0 radical (unpaired) electrons. The van der Waals surface area contributed by atoms with E-state index in [4.69, 9.17) is 16.3 Å². The molecule has 2 N–H and O–H groups in total. The summed E-state index contributed by atoms with van der Waals surface area (Å²) in [5.41, 5.74) is 0.730. The number of carbonyl (C=O) groups is 1. The number of hydrogen-bond donors (Lipinski definition) is 2. The largest absolute Gasteiger partial charge is 0.444 e. The number of ether oxygens (including phenoxy) is 1. The van der Waals surface area contributed by atoms with Crippen LogP contribution in [0.2, 0.25) is 5.02 Å². The maximum Gasteiger partial charge on any atom is 0.410 e. The van der Waals surface area contributed by atoms with Gasteiger partial charge in [-0.05, 0) is 62.6 Å². The SMILES string of the molecule is CC(C)(C)OC(=O)N1CCC(C(C)(C)C(O)c2cc(Cl)cc3[nH]ncc23)CC1. The molecule has 1 saturated heterocycles. The van der Waals surface area contributed by atoms with Gasteiger partial charge in [0.15, 0.2) is 0 Å². The van der Waals surface area contributed by atoms with Crippen LogP contribution in [-0.4, -0.2) is 45.0 Å². The van der Waals surface area contributed by atoms with Gasteiger partial charge in [-0.2, -0.15) is 5.10 Å². The number of aromatic amines is 1. The van der Waals surface area contributed by atoms with Gasteiger partial charge in [0.05, 0.1) is 17.8 Å². The predicted octanol–water partition coefficient (Wildman–Crippen LogP) is 4.92. The van der Waals surface area contributed by atoms with Crippen molar-refractivity contribution in [1.82, 2.24) is 15.1 Å². The van der Waals surface area contributed by atoms with Gasteiger partial charge in [0.2, 0.25) is 0 Å². The van der Waals surface area contributed by atoms with E-state index in [2.05, 4.69) is 24.0 Å². The van der Waals surface area contributed by atoms with Gasteiger partial charge in [0, 0.05) is 23.5 Å². The van der Waals surface area contributed by atoms with Crippen LogP contribution >= 0.6 is 11.6 Å². The van der Waals surface area contributed by atoms with Gasteiger partial charge in [-0.3, -0.25) is 5.10 Å². The maximum absolute atomic E-state index is 12.3. The molecule has 0 saturated carbocycles. The zero-order valence-corrected chi connectivity index (χ0v) is 18.0. The molecule has 1 atom stereocenters. The number of nitrogens with zero attached hydrogens (tertiary/aromatic N) is 2. The first-order valence-electron chi connectivity index (χ1n) is 9.77. The van der Waals surface area contributed by atoms with Crippen LogP contribution in [0.5, 0.6) is 0 Å². The Morgan fingerprint density at radius 2 is 1.93 bits per heavy atom. The molecule has 7 heteroatoms. The van der Waals surface area contributed by atoms with Gasteiger partial charge in [-0.25, -0.2) is 4.79 Å². The van der Waals surface area contributed by atoms with Gasteiger partial charge in [0.25, 0.3) is 0 Å². The number of aliphatic hydroxyl groups excluding tert-OH is 1. The summed E-state index contributed by atoms with van der Waals surface area (Å²) < 4.78 is 5.48. The minimum atomic E-state index is -0.690. The highest BCUT2D eigenvalue weighted by Gasteiger charge is 2.40. The van der Waals surface area contributed by atoms with E-state index in [1.165, 1.54) is 0 Å². The smallest absolute Gasteiger partial charge is 0.410 e. The number of aliphatic hydroxyl groups is 1. The topological polar surface area (TPSA) is 78.5 Å². The predicted molar refractivity (Wildman–Crippen MR) is 110 cm³/mol. The summed E-state index contributed by atoms with van der Waals surface area (Å²) in [6, 6.07) is 3.63. The van der Waals surface area contributed by atoms with Crippen LogP contribution in [0.25, 0.3) is 10.9 Å². The monoisotopic (exact) mass is 407 g/mol. The second-order valence-electron chi connectivity index (χ2n) is 9.29. The van der Waals surface area contributed by atoms with Crippen LogP contribution in [0.1, 0.15) is 59.1 Å². The third-order valence-electron chi connectivity index (χ3n) is 5.75. The summed E-state index contributed by atoms with van der Waals surface area (Å²) >= 11 is 6.25. The van der Waals surface area contributed by atoms with Crippen LogP contribution in [0, 0.1) is 11.3 Å². The van der Waals surface area contributed by atoms with E-state index in [-0.39, 0.29) is 17.4 Å². The Bertz CT molecular complexity index is 848. The summed E-state index contributed by atoms with van der Waals surface area (Å²) in [6.07, 6.45) is 2.41. The lowest BCUT2D eigenvalue weighted by molar-refractivity contribution is -0.0253. The fraction of sp³-hybridized carbons (Fsp3) is 0.619. The zero-order chi connectivity index (χ0) is 20.7. The first kappa shape index (κ1) is 20.9. The molecule has 6 nitrogen and oxygen atoms in total. The molecule has 0 spiro atoms. The van der Waals surface area contributed by atoms with E-state index in [0.717, 1.165) is 29.3 Å². The number of carbonyl (C=O) groups excluding carboxylic acids is 1. The van der Waals surface area contributed by atoms with Crippen molar-refractivity contribution in [3.05, 3.63) is 28.9 Å². The van der Waals surface area contributed by atoms with E-state index >= 15 is 0 Å². The highest BCUT2D eigenvalue weighted by molar-refractivity contribution is 6.31. The summed E-state index contributed by atoms with van der Waals surface area (Å²) in [5, 5.41) is 19.7. The third-order valence-corrected chi connectivity index (χ3v) is 5.97. The van der Waals surface area contributed by atoms with Crippen LogP contribution in [0.15, 0.2) is 18.3 Å². The number of rotatable bonds is 3. The Labute approximate surface area is 171 Å². The Morgan fingerprint density at radius 1 is 1.29 bits per heavy atom. The van der Waals surface area contributed by atoms with Gasteiger partial charge >= 0.3 is 6.09 Å². The molecule has 1 aromatic carbocycles. The van der Waals surface area contributed by atoms with E-state index in [9.17, 15) is 9.90 Å². The highest BCUT2D eigenvalue weighted by Crippen LogP contribution is 2.46. The second-order valence-corrected chi connectivity index (χ2v) is 9.73. The molecule has 3 rings (SSSR count). The summed E-state index contributed by atoms with van der Waals surface area (Å²) in [5.74, 6) is 0.266. The molecule has 0 bridgehead atoms. The van der Waals surface area contributed by atoms with E-state index in [1.807, 2.05) is 32.9 Å². The van der Waals surface area contributed by atoms with Crippen molar-refractivity contribution in [2.75, 3.05) is 13.1 Å². The maximum atomic E-state index is 12.3. The number of H-pyrrole nitrogens is 1. The second kappa shape index (κ2) is 7.56. The Balaban J connectivity index is 1.73. The molecule has 1 unspecified atom stereocenters. The van der Waals surface area contributed by atoms with Crippen molar-refractivity contribution in [2.45, 2.75) is 59.2 Å². The number of halogens is 1. The molecule has 1 aliphatic heterocycles. The molecule has 154 valence electrons. The van der Waals surface area contributed by atoms with Crippen molar-refractivity contribution in [3.63, 3.8) is 0 Å². The lowest BCUT2D eigenvalue weighted by atomic mass is 9.68. The lowest BCUT2D eigenvalue weighted by Gasteiger charge is -2.43. The average molecular weight is 408 g/mol. The minimum Gasteiger partial charge on any atom is -0.444 e. The molecular weight excluding hydrogens is 378 g/mol. The Kier molecular flexibility index (Phi) is 5.65. The fourth-order valence-corrected chi connectivity index (χ4v) is 4.25. The molecule has 2 aromatic rings. The normalized spacial score (nSPS) is 17.8. The first-order valence-corrected chi connectivity index (χ1v) is 10.2. The zero-order valence-electron chi connectivity index (χ0n) is 17.3. The Hall–Kier alpha value is -1.79. The quantitative estimate of drug-likeness (QED) is 0.756. The minimum absolute atomic E-state index is 0.265. The number of piperidine rings is 1. The summed E-state index contributed by atoms with van der Waals surface area (Å²) in [4.78, 5) is 14.1. The van der Waals surface area contributed by atoms with Crippen molar-refractivity contribution < 1.29 is 14.6 Å². The number of likely N-dealkylation sites (tertiary alicyclic amines) is 1. The number of amides is 1. The third kappa shape index (κ3) is 4.28. The summed E-state index contributed by atoms with van der Waals surface area (Å²) in [6.45, 7) is 11.0. The van der Waals surface area contributed by atoms with Crippen LogP contribution in [0.4, 0.5) is 4.79 Å². The van der Waals surface area contributed by atoms with Gasteiger partial charge in [-0.1, -0.05) is 25.4 Å². The van der Waals surface area contributed by atoms with Crippen molar-refractivity contribution in [3.8, 4) is 0 Å². The Morgan fingerprint density at radius 3 is 2.54 bits per heavy atom. The van der Waals surface area contributed by atoms with E-state index in [1.54, 1.807) is 11.1 Å². The number of fused-ring (bicyclic) bond motifs is 1. The number of nitrogens with one attached hydrogen (secondary N) is 1. The van der Waals surface area contributed by atoms with Crippen LogP contribution < -0.4 is 0 Å². The van der Waals surface area contributed by atoms with Crippen LogP contribution in [0.3, 0.4) is 0 Å². The molecule has 1 fully saturated rings. The summed E-state index contributed by atoms with van der Waals surface area (Å²) in [7, 11) is 0. The average Bonchev–Trinajstić information content (AvgIpc) is 3.07. The number of aromatic nitrogens is 2. The molecule has 1 amide bonds.